The molecule has 3 rings (SSSR count). The van der Waals surface area contributed by atoms with Crippen molar-refractivity contribution in [2.45, 2.75) is 45.4 Å². The predicted octanol–water partition coefficient (Wildman–Crippen LogP) is 3.77. The van der Waals surface area contributed by atoms with E-state index < -0.39 is 0 Å². The summed E-state index contributed by atoms with van der Waals surface area (Å²) in [6.45, 7) is 8.67. The van der Waals surface area contributed by atoms with E-state index in [0.29, 0.717) is 11.6 Å². The number of aryl methyl sites for hydroxylation is 2. The lowest BCUT2D eigenvalue weighted by Crippen LogP contribution is -2.16. The van der Waals surface area contributed by atoms with E-state index in [1.54, 1.807) is 4.68 Å². The molecule has 4 nitrogen and oxygen atoms in total. The van der Waals surface area contributed by atoms with Crippen LogP contribution < -0.4 is 5.32 Å². The molecule has 1 heterocycles. The molecule has 1 N–H and O–H groups in total. The third kappa shape index (κ3) is 2.32. The van der Waals surface area contributed by atoms with Gasteiger partial charge in [0, 0.05) is 24.5 Å². The third-order valence-corrected chi connectivity index (χ3v) is 4.62. The van der Waals surface area contributed by atoms with Crippen molar-refractivity contribution in [2.24, 2.45) is 7.05 Å². The van der Waals surface area contributed by atoms with Crippen molar-refractivity contribution in [1.29, 1.82) is 0 Å². The quantitative estimate of drug-likeness (QED) is 0.917. The number of amides is 1. The first-order chi connectivity index (χ1) is 10.3. The first kappa shape index (κ1) is 14.8. The number of rotatable bonds is 2. The molecule has 1 aromatic heterocycles. The molecule has 0 radical (unpaired) electrons. The Morgan fingerprint density at radius 3 is 2.77 bits per heavy atom. The maximum absolute atomic E-state index is 12.5. The van der Waals surface area contributed by atoms with E-state index in [0.717, 1.165) is 17.7 Å². The van der Waals surface area contributed by atoms with Crippen LogP contribution in [0.25, 0.3) is 0 Å². The number of aromatic nitrogens is 2. The Balaban J connectivity index is 1.96. The van der Waals surface area contributed by atoms with E-state index in [9.17, 15) is 4.79 Å². The van der Waals surface area contributed by atoms with Crippen LogP contribution in [-0.2, 0) is 12.5 Å². The van der Waals surface area contributed by atoms with Crippen LogP contribution in [0, 0.1) is 6.92 Å². The van der Waals surface area contributed by atoms with Gasteiger partial charge in [-0.15, -0.1) is 0 Å². The van der Waals surface area contributed by atoms with Gasteiger partial charge >= 0.3 is 0 Å². The second kappa shape index (κ2) is 4.97. The van der Waals surface area contributed by atoms with E-state index in [4.69, 9.17) is 0 Å². The van der Waals surface area contributed by atoms with Crippen LogP contribution in [0.2, 0.25) is 0 Å². The minimum absolute atomic E-state index is 0.136. The molecule has 22 heavy (non-hydrogen) atoms. The largest absolute Gasteiger partial charge is 0.320 e. The van der Waals surface area contributed by atoms with Gasteiger partial charge in [-0.05, 0) is 41.9 Å². The summed E-state index contributed by atoms with van der Waals surface area (Å²) in [4.78, 5) is 12.5. The lowest BCUT2D eigenvalue weighted by atomic mass is 9.86. The summed E-state index contributed by atoms with van der Waals surface area (Å²) < 4.78 is 1.67. The first-order valence-electron chi connectivity index (χ1n) is 7.74. The highest BCUT2D eigenvalue weighted by Gasteiger charge is 2.36. The summed E-state index contributed by atoms with van der Waals surface area (Å²) in [5, 5.41) is 7.32. The Morgan fingerprint density at radius 2 is 2.14 bits per heavy atom. The molecule has 1 amide bonds. The minimum Gasteiger partial charge on any atom is -0.320 e. The summed E-state index contributed by atoms with van der Waals surface area (Å²) in [5.41, 5.74) is 5.08. The summed E-state index contributed by atoms with van der Waals surface area (Å²) in [5.74, 6) is 0.315. The number of nitrogens with zero attached hydrogens (tertiary/aromatic N) is 2. The third-order valence-electron chi connectivity index (χ3n) is 4.62. The van der Waals surface area contributed by atoms with Gasteiger partial charge in [-0.25, -0.2) is 0 Å². The minimum atomic E-state index is -0.136. The SMILES string of the molecule is Cc1cn(C)nc1C(=O)Nc1cccc2c1[C@@H](C)CC2(C)C. The maximum Gasteiger partial charge on any atom is 0.276 e. The Labute approximate surface area is 131 Å². The van der Waals surface area contributed by atoms with E-state index in [1.807, 2.05) is 32.3 Å². The molecular formula is C18H23N3O. The number of fused-ring (bicyclic) bond motifs is 1. The second-order valence-electron chi connectivity index (χ2n) is 7.04. The molecule has 2 aromatic rings. The molecule has 4 heteroatoms. The molecule has 0 bridgehead atoms. The van der Waals surface area contributed by atoms with Crippen LogP contribution in [0.5, 0.6) is 0 Å². The first-order valence-corrected chi connectivity index (χ1v) is 7.74. The lowest BCUT2D eigenvalue weighted by molar-refractivity contribution is 0.102. The van der Waals surface area contributed by atoms with Crippen molar-refractivity contribution >= 4 is 11.6 Å². The van der Waals surface area contributed by atoms with Gasteiger partial charge in [0.1, 0.15) is 0 Å². The smallest absolute Gasteiger partial charge is 0.276 e. The molecule has 1 aliphatic carbocycles. The zero-order valence-corrected chi connectivity index (χ0v) is 13.9. The van der Waals surface area contributed by atoms with Gasteiger partial charge in [0.2, 0.25) is 0 Å². The summed E-state index contributed by atoms with van der Waals surface area (Å²) in [6, 6.07) is 6.20. The Morgan fingerprint density at radius 1 is 1.41 bits per heavy atom. The second-order valence-corrected chi connectivity index (χ2v) is 7.04. The van der Waals surface area contributed by atoms with E-state index >= 15 is 0 Å². The molecule has 0 saturated carbocycles. The van der Waals surface area contributed by atoms with Crippen molar-refractivity contribution in [3.05, 3.63) is 46.8 Å². The number of anilines is 1. The molecular weight excluding hydrogens is 274 g/mol. The molecule has 1 atom stereocenters. The van der Waals surface area contributed by atoms with Gasteiger partial charge in [-0.1, -0.05) is 32.9 Å². The van der Waals surface area contributed by atoms with Crippen molar-refractivity contribution < 1.29 is 4.79 Å². The van der Waals surface area contributed by atoms with Gasteiger partial charge < -0.3 is 5.32 Å². The number of benzene rings is 1. The number of nitrogens with one attached hydrogen (secondary N) is 1. The van der Waals surface area contributed by atoms with Crippen LogP contribution in [-0.4, -0.2) is 15.7 Å². The van der Waals surface area contributed by atoms with E-state index in [2.05, 4.69) is 37.3 Å². The fourth-order valence-corrected chi connectivity index (χ4v) is 3.79. The number of hydrogen-bond donors (Lipinski definition) is 1. The molecule has 0 unspecified atom stereocenters. The fourth-order valence-electron chi connectivity index (χ4n) is 3.79. The summed E-state index contributed by atoms with van der Waals surface area (Å²) in [7, 11) is 1.83. The zero-order chi connectivity index (χ0) is 16.1. The monoisotopic (exact) mass is 297 g/mol. The maximum atomic E-state index is 12.5. The number of hydrogen-bond acceptors (Lipinski definition) is 2. The van der Waals surface area contributed by atoms with Crippen LogP contribution in [0.1, 0.15) is 60.3 Å². The predicted molar refractivity (Wildman–Crippen MR) is 88.4 cm³/mol. The fraction of sp³-hybridized carbons (Fsp3) is 0.444. The Kier molecular flexibility index (Phi) is 3.35. The highest BCUT2D eigenvalue weighted by Crippen LogP contribution is 2.48. The van der Waals surface area contributed by atoms with Crippen molar-refractivity contribution in [3.8, 4) is 0 Å². The van der Waals surface area contributed by atoms with Gasteiger partial charge in [-0.3, -0.25) is 9.48 Å². The number of carbonyl (C=O) groups excluding carboxylic acids is 1. The normalized spacial score (nSPS) is 19.0. The standard InChI is InChI=1S/C18H23N3O/c1-11-9-18(3,4)13-7-6-8-14(15(11)13)19-17(22)16-12(2)10-21(5)20-16/h6-8,10-11H,9H2,1-5H3,(H,19,22)/t11-/m0/s1. The van der Waals surface area contributed by atoms with Crippen LogP contribution >= 0.6 is 0 Å². The molecule has 1 aromatic carbocycles. The highest BCUT2D eigenvalue weighted by molar-refractivity contribution is 6.04. The van der Waals surface area contributed by atoms with Crippen LogP contribution in [0.15, 0.2) is 24.4 Å². The van der Waals surface area contributed by atoms with E-state index in [-0.39, 0.29) is 11.3 Å². The van der Waals surface area contributed by atoms with Crippen LogP contribution in [0.3, 0.4) is 0 Å². The Hall–Kier alpha value is -2.10. The van der Waals surface area contributed by atoms with Crippen molar-refractivity contribution in [3.63, 3.8) is 0 Å². The van der Waals surface area contributed by atoms with Gasteiger partial charge in [0.25, 0.3) is 5.91 Å². The molecule has 0 saturated heterocycles. The molecule has 116 valence electrons. The van der Waals surface area contributed by atoms with Crippen molar-refractivity contribution in [1.82, 2.24) is 9.78 Å². The van der Waals surface area contributed by atoms with Gasteiger partial charge in [-0.2, -0.15) is 5.10 Å². The summed E-state index contributed by atoms with van der Waals surface area (Å²) in [6.07, 6.45) is 2.97. The molecule has 0 aliphatic heterocycles. The van der Waals surface area contributed by atoms with Gasteiger partial charge in [0.15, 0.2) is 5.69 Å². The average Bonchev–Trinajstić information content (AvgIpc) is 2.87. The highest BCUT2D eigenvalue weighted by atomic mass is 16.2. The molecule has 1 aliphatic rings. The van der Waals surface area contributed by atoms with Gasteiger partial charge in [0.05, 0.1) is 0 Å². The zero-order valence-electron chi connectivity index (χ0n) is 13.9. The topological polar surface area (TPSA) is 46.9 Å². The van der Waals surface area contributed by atoms with Crippen molar-refractivity contribution in [2.75, 3.05) is 5.32 Å². The Bertz CT molecular complexity index is 743. The summed E-state index contributed by atoms with van der Waals surface area (Å²) >= 11 is 0. The number of carbonyl (C=O) groups is 1. The molecule has 0 spiro atoms. The van der Waals surface area contributed by atoms with Crippen LogP contribution in [0.4, 0.5) is 5.69 Å². The molecule has 0 fully saturated rings. The van der Waals surface area contributed by atoms with E-state index in [1.165, 1.54) is 11.1 Å². The average molecular weight is 297 g/mol. The lowest BCUT2D eigenvalue weighted by Gasteiger charge is -2.19.